The summed E-state index contributed by atoms with van der Waals surface area (Å²) < 4.78 is 27.8. The zero-order valence-corrected chi connectivity index (χ0v) is 10.3. The Morgan fingerprint density at radius 2 is 1.75 bits per heavy atom. The second-order valence-electron chi connectivity index (χ2n) is 4.24. The number of halogens is 2. The summed E-state index contributed by atoms with van der Waals surface area (Å²) >= 11 is 0. The zero-order valence-electron chi connectivity index (χ0n) is 10.3. The number of aryl methyl sites for hydroxylation is 1. The van der Waals surface area contributed by atoms with Crippen molar-refractivity contribution in [3.8, 4) is 0 Å². The number of nitrogens with one attached hydrogen (secondary N) is 1. The number of hydrogen-bond donors (Lipinski definition) is 1. The van der Waals surface area contributed by atoms with E-state index in [1.807, 2.05) is 13.8 Å². The number of benzene rings is 1. The minimum atomic E-state index is -2.74. The highest BCUT2D eigenvalue weighted by Gasteiger charge is 2.32. The van der Waals surface area contributed by atoms with Gasteiger partial charge in [-0.25, -0.2) is 8.78 Å². The maximum absolute atomic E-state index is 13.9. The third kappa shape index (κ3) is 2.59. The van der Waals surface area contributed by atoms with Crippen LogP contribution in [0.4, 0.5) is 8.78 Å². The van der Waals surface area contributed by atoms with Gasteiger partial charge in [-0.05, 0) is 44.5 Å². The molecule has 0 aliphatic carbocycles. The van der Waals surface area contributed by atoms with Gasteiger partial charge in [-0.1, -0.05) is 12.1 Å². The van der Waals surface area contributed by atoms with Crippen molar-refractivity contribution < 1.29 is 8.78 Å². The van der Waals surface area contributed by atoms with Gasteiger partial charge in [-0.3, -0.25) is 0 Å². The Morgan fingerprint density at radius 3 is 2.31 bits per heavy atom. The van der Waals surface area contributed by atoms with Crippen molar-refractivity contribution in [3.05, 3.63) is 34.4 Å². The molecule has 0 fully saturated rings. The molecule has 16 heavy (non-hydrogen) atoms. The van der Waals surface area contributed by atoms with Crippen molar-refractivity contribution in [2.24, 2.45) is 0 Å². The molecule has 0 heterocycles. The lowest BCUT2D eigenvalue weighted by atomic mass is 9.94. The minimum Gasteiger partial charge on any atom is -0.320 e. The molecule has 90 valence electrons. The summed E-state index contributed by atoms with van der Waals surface area (Å²) in [4.78, 5) is 0. The lowest BCUT2D eigenvalue weighted by Gasteiger charge is -2.20. The first kappa shape index (κ1) is 13.1. The van der Waals surface area contributed by atoms with Crippen molar-refractivity contribution in [1.82, 2.24) is 5.32 Å². The van der Waals surface area contributed by atoms with E-state index in [1.54, 1.807) is 26.1 Å². The molecule has 0 bridgehead atoms. The molecule has 0 unspecified atom stereocenters. The summed E-state index contributed by atoms with van der Waals surface area (Å²) in [6.45, 7) is 5.92. The highest BCUT2D eigenvalue weighted by atomic mass is 19.3. The molecule has 1 N–H and O–H groups in total. The topological polar surface area (TPSA) is 12.0 Å². The normalized spacial score (nSPS) is 11.9. The average molecular weight is 227 g/mol. The van der Waals surface area contributed by atoms with Gasteiger partial charge in [0.1, 0.15) is 0 Å². The first-order valence-corrected chi connectivity index (χ1v) is 5.50. The third-order valence-corrected chi connectivity index (χ3v) is 3.14. The van der Waals surface area contributed by atoms with Crippen LogP contribution in [-0.4, -0.2) is 13.6 Å². The Bertz CT molecular complexity index is 372. The van der Waals surface area contributed by atoms with E-state index in [4.69, 9.17) is 0 Å². The quantitative estimate of drug-likeness (QED) is 0.832. The molecule has 1 aromatic rings. The molecular formula is C13H19F2N. The zero-order chi connectivity index (χ0) is 12.3. The molecule has 0 saturated heterocycles. The number of hydrogen-bond acceptors (Lipinski definition) is 1. The van der Waals surface area contributed by atoms with Gasteiger partial charge in [-0.2, -0.15) is 0 Å². The molecule has 0 aliphatic heterocycles. The highest BCUT2D eigenvalue weighted by Crippen LogP contribution is 2.35. The Morgan fingerprint density at radius 1 is 1.12 bits per heavy atom. The second kappa shape index (κ2) is 4.91. The SMILES string of the molecule is CNCCC(F)(F)c1ccc(C)c(C)c1C. The van der Waals surface area contributed by atoms with Crippen molar-refractivity contribution in [2.45, 2.75) is 33.1 Å². The third-order valence-electron chi connectivity index (χ3n) is 3.14. The summed E-state index contributed by atoms with van der Waals surface area (Å²) in [6.07, 6.45) is -0.160. The van der Waals surface area contributed by atoms with E-state index in [0.717, 1.165) is 11.1 Å². The second-order valence-corrected chi connectivity index (χ2v) is 4.24. The summed E-state index contributed by atoms with van der Waals surface area (Å²) in [5.74, 6) is -2.74. The van der Waals surface area contributed by atoms with E-state index in [2.05, 4.69) is 5.32 Å². The van der Waals surface area contributed by atoms with E-state index in [1.165, 1.54) is 0 Å². The summed E-state index contributed by atoms with van der Waals surface area (Å²) in [7, 11) is 1.68. The average Bonchev–Trinajstić information content (AvgIpc) is 2.23. The van der Waals surface area contributed by atoms with Crippen LogP contribution in [-0.2, 0) is 5.92 Å². The first-order chi connectivity index (χ1) is 7.40. The molecule has 1 aromatic carbocycles. The van der Waals surface area contributed by atoms with Crippen LogP contribution in [0.25, 0.3) is 0 Å². The largest absolute Gasteiger partial charge is 0.320 e. The van der Waals surface area contributed by atoms with Gasteiger partial charge in [0.25, 0.3) is 5.92 Å². The van der Waals surface area contributed by atoms with Gasteiger partial charge >= 0.3 is 0 Å². The lowest BCUT2D eigenvalue weighted by Crippen LogP contribution is -2.22. The van der Waals surface area contributed by atoms with E-state index in [9.17, 15) is 8.78 Å². The molecule has 0 radical (unpaired) electrons. The highest BCUT2D eigenvalue weighted by molar-refractivity contribution is 5.40. The Kier molecular flexibility index (Phi) is 4.03. The summed E-state index contributed by atoms with van der Waals surface area (Å²) in [6, 6.07) is 3.32. The van der Waals surface area contributed by atoms with Gasteiger partial charge in [0.05, 0.1) is 0 Å². The molecule has 0 aromatic heterocycles. The monoisotopic (exact) mass is 227 g/mol. The van der Waals surface area contributed by atoms with Crippen LogP contribution in [0.15, 0.2) is 12.1 Å². The van der Waals surface area contributed by atoms with E-state index in [0.29, 0.717) is 12.1 Å². The molecule has 1 nitrogen and oxygen atoms in total. The first-order valence-electron chi connectivity index (χ1n) is 5.50. The van der Waals surface area contributed by atoms with Crippen LogP contribution in [0, 0.1) is 20.8 Å². The molecule has 0 atom stereocenters. The van der Waals surface area contributed by atoms with Crippen molar-refractivity contribution >= 4 is 0 Å². The van der Waals surface area contributed by atoms with Gasteiger partial charge in [0.2, 0.25) is 0 Å². The lowest BCUT2D eigenvalue weighted by molar-refractivity contribution is -0.0130. The Labute approximate surface area is 95.9 Å². The summed E-state index contributed by atoms with van der Waals surface area (Å²) in [5, 5.41) is 2.76. The van der Waals surface area contributed by atoms with Gasteiger partial charge in [-0.15, -0.1) is 0 Å². The predicted octanol–water partition coefficient (Wildman–Crippen LogP) is 3.31. The Hall–Kier alpha value is -0.960. The molecule has 0 aliphatic rings. The van der Waals surface area contributed by atoms with Crippen LogP contribution in [0.2, 0.25) is 0 Å². The number of rotatable bonds is 4. The van der Waals surface area contributed by atoms with Crippen LogP contribution in [0.3, 0.4) is 0 Å². The van der Waals surface area contributed by atoms with Crippen molar-refractivity contribution in [1.29, 1.82) is 0 Å². The molecular weight excluding hydrogens is 208 g/mol. The van der Waals surface area contributed by atoms with E-state index >= 15 is 0 Å². The van der Waals surface area contributed by atoms with Gasteiger partial charge in [0, 0.05) is 18.5 Å². The maximum atomic E-state index is 13.9. The van der Waals surface area contributed by atoms with Crippen LogP contribution < -0.4 is 5.32 Å². The molecule has 1 rings (SSSR count). The standard InChI is InChI=1S/C13H19F2N/c1-9-5-6-12(11(3)10(9)2)13(14,15)7-8-16-4/h5-6,16H,7-8H2,1-4H3. The van der Waals surface area contributed by atoms with Crippen molar-refractivity contribution in [3.63, 3.8) is 0 Å². The molecule has 0 amide bonds. The molecule has 3 heteroatoms. The fraction of sp³-hybridized carbons (Fsp3) is 0.538. The van der Waals surface area contributed by atoms with Crippen molar-refractivity contribution in [2.75, 3.05) is 13.6 Å². The smallest absolute Gasteiger partial charge is 0.274 e. The maximum Gasteiger partial charge on any atom is 0.274 e. The van der Waals surface area contributed by atoms with Gasteiger partial charge in [0.15, 0.2) is 0 Å². The number of alkyl halides is 2. The van der Waals surface area contributed by atoms with E-state index in [-0.39, 0.29) is 12.0 Å². The van der Waals surface area contributed by atoms with Crippen LogP contribution in [0.1, 0.15) is 28.7 Å². The van der Waals surface area contributed by atoms with Crippen LogP contribution in [0.5, 0.6) is 0 Å². The minimum absolute atomic E-state index is 0.158. The molecule has 0 spiro atoms. The Balaban J connectivity index is 3.08. The van der Waals surface area contributed by atoms with Crippen LogP contribution >= 0.6 is 0 Å². The summed E-state index contributed by atoms with van der Waals surface area (Å²) in [5.41, 5.74) is 2.89. The van der Waals surface area contributed by atoms with E-state index < -0.39 is 5.92 Å². The fourth-order valence-corrected chi connectivity index (χ4v) is 1.77. The molecule has 0 saturated carbocycles. The van der Waals surface area contributed by atoms with Gasteiger partial charge < -0.3 is 5.32 Å². The fourth-order valence-electron chi connectivity index (χ4n) is 1.77. The predicted molar refractivity (Wildman–Crippen MR) is 63.1 cm³/mol.